The van der Waals surface area contributed by atoms with Crippen LogP contribution in [-0.4, -0.2) is 0 Å². The van der Waals surface area contributed by atoms with Gasteiger partial charge in [-0.25, -0.2) is 0 Å². The monoisotopic (exact) mass is 203 g/mol. The fourth-order valence-corrected chi connectivity index (χ4v) is 1.72. The lowest BCUT2D eigenvalue weighted by atomic mass is 9.81. The van der Waals surface area contributed by atoms with Gasteiger partial charge in [0.2, 0.25) is 0 Å². The Morgan fingerprint density at radius 1 is 1.27 bits per heavy atom. The summed E-state index contributed by atoms with van der Waals surface area (Å²) in [5, 5.41) is 0. The van der Waals surface area contributed by atoms with Crippen molar-refractivity contribution in [2.75, 3.05) is 0 Å². The highest BCUT2D eigenvalue weighted by Gasteiger charge is 2.20. The third-order valence-electron chi connectivity index (χ3n) is 2.63. The summed E-state index contributed by atoms with van der Waals surface area (Å²) in [5.41, 5.74) is 9.77. The van der Waals surface area contributed by atoms with Crippen molar-refractivity contribution < 1.29 is 0 Å². The van der Waals surface area contributed by atoms with Gasteiger partial charge < -0.3 is 5.73 Å². The molecule has 0 aromatic heterocycles. The predicted molar refractivity (Wildman–Crippen MR) is 66.9 cm³/mol. The molecule has 0 fully saturated rings. The van der Waals surface area contributed by atoms with Crippen LogP contribution in [-0.2, 0) is 5.41 Å². The zero-order valence-corrected chi connectivity index (χ0v) is 10.2. The first-order valence-electron chi connectivity index (χ1n) is 5.34. The van der Waals surface area contributed by atoms with Crippen LogP contribution in [0.5, 0.6) is 0 Å². The highest BCUT2D eigenvalue weighted by atomic mass is 14.6. The Morgan fingerprint density at radius 3 is 2.27 bits per heavy atom. The predicted octanol–water partition coefficient (Wildman–Crippen LogP) is 3.56. The highest BCUT2D eigenvalue weighted by Crippen LogP contribution is 2.30. The standard InChI is InChI=1S/C14H21N/c1-10(2)13(15)11-8-6-7-9-12(11)14(3,4)5/h6-9,13H,1,15H2,2-5H3. The molecule has 0 saturated heterocycles. The number of rotatable bonds is 2. The Labute approximate surface area is 93.0 Å². The Bertz CT molecular complexity index is 358. The molecule has 1 heteroatoms. The van der Waals surface area contributed by atoms with E-state index in [2.05, 4.69) is 45.5 Å². The molecule has 0 spiro atoms. The van der Waals surface area contributed by atoms with E-state index in [9.17, 15) is 0 Å². The van der Waals surface area contributed by atoms with E-state index in [0.29, 0.717) is 0 Å². The lowest BCUT2D eigenvalue weighted by Gasteiger charge is -2.26. The Kier molecular flexibility index (Phi) is 3.35. The van der Waals surface area contributed by atoms with Gasteiger partial charge in [0.25, 0.3) is 0 Å². The van der Waals surface area contributed by atoms with Crippen molar-refractivity contribution in [1.29, 1.82) is 0 Å². The molecule has 2 N–H and O–H groups in total. The average Bonchev–Trinajstić information content (AvgIpc) is 2.15. The maximum atomic E-state index is 6.14. The van der Waals surface area contributed by atoms with Gasteiger partial charge in [0.15, 0.2) is 0 Å². The Hall–Kier alpha value is -1.08. The summed E-state index contributed by atoms with van der Waals surface area (Å²) in [6.45, 7) is 12.5. The second-order valence-electron chi connectivity index (χ2n) is 5.16. The molecule has 1 aromatic rings. The second kappa shape index (κ2) is 4.19. The van der Waals surface area contributed by atoms with E-state index < -0.39 is 0 Å². The number of hydrogen-bond donors (Lipinski definition) is 1. The molecule has 0 amide bonds. The lowest BCUT2D eigenvalue weighted by molar-refractivity contribution is 0.577. The zero-order valence-electron chi connectivity index (χ0n) is 10.2. The van der Waals surface area contributed by atoms with E-state index in [0.717, 1.165) is 5.57 Å². The third kappa shape index (κ3) is 2.69. The molecule has 1 unspecified atom stereocenters. The molecule has 0 aliphatic heterocycles. The summed E-state index contributed by atoms with van der Waals surface area (Å²) in [6, 6.07) is 8.29. The van der Waals surface area contributed by atoms with Gasteiger partial charge in [0, 0.05) is 0 Å². The molecular weight excluding hydrogens is 182 g/mol. The second-order valence-corrected chi connectivity index (χ2v) is 5.16. The van der Waals surface area contributed by atoms with Gasteiger partial charge in [0.1, 0.15) is 0 Å². The minimum absolute atomic E-state index is 0.0552. The number of nitrogens with two attached hydrogens (primary N) is 1. The van der Waals surface area contributed by atoms with E-state index in [1.165, 1.54) is 11.1 Å². The van der Waals surface area contributed by atoms with Crippen LogP contribution in [0.4, 0.5) is 0 Å². The fraction of sp³-hybridized carbons (Fsp3) is 0.429. The first kappa shape index (κ1) is 12.0. The molecule has 0 saturated carbocycles. The van der Waals surface area contributed by atoms with Gasteiger partial charge in [0.05, 0.1) is 6.04 Å². The lowest BCUT2D eigenvalue weighted by Crippen LogP contribution is -2.20. The van der Waals surface area contributed by atoms with Crippen molar-refractivity contribution in [1.82, 2.24) is 0 Å². The van der Waals surface area contributed by atoms with Gasteiger partial charge in [-0.1, -0.05) is 57.2 Å². The summed E-state index contributed by atoms with van der Waals surface area (Å²) in [6.07, 6.45) is 0. The molecular formula is C14H21N. The van der Waals surface area contributed by atoms with E-state index >= 15 is 0 Å². The van der Waals surface area contributed by atoms with E-state index in [4.69, 9.17) is 5.73 Å². The summed E-state index contributed by atoms with van der Waals surface area (Å²) in [4.78, 5) is 0. The minimum Gasteiger partial charge on any atom is -0.321 e. The van der Waals surface area contributed by atoms with Gasteiger partial charge in [-0.15, -0.1) is 0 Å². The van der Waals surface area contributed by atoms with Gasteiger partial charge in [-0.3, -0.25) is 0 Å². The topological polar surface area (TPSA) is 26.0 Å². The molecule has 0 aliphatic carbocycles. The normalized spacial score (nSPS) is 13.7. The van der Waals surface area contributed by atoms with Crippen LogP contribution < -0.4 is 5.73 Å². The van der Waals surface area contributed by atoms with Crippen LogP contribution in [0, 0.1) is 0 Å². The molecule has 1 nitrogen and oxygen atoms in total. The van der Waals surface area contributed by atoms with Crippen molar-refractivity contribution in [3.05, 3.63) is 47.5 Å². The van der Waals surface area contributed by atoms with Crippen molar-refractivity contribution >= 4 is 0 Å². The Balaban J connectivity index is 3.24. The van der Waals surface area contributed by atoms with Crippen LogP contribution >= 0.6 is 0 Å². The van der Waals surface area contributed by atoms with Crippen molar-refractivity contribution in [2.24, 2.45) is 5.73 Å². The molecule has 0 bridgehead atoms. The molecule has 0 aliphatic rings. The van der Waals surface area contributed by atoms with Crippen LogP contribution in [0.2, 0.25) is 0 Å². The van der Waals surface area contributed by atoms with Gasteiger partial charge in [-0.2, -0.15) is 0 Å². The Morgan fingerprint density at radius 2 is 1.80 bits per heavy atom. The van der Waals surface area contributed by atoms with Crippen LogP contribution in [0.3, 0.4) is 0 Å². The number of benzene rings is 1. The molecule has 0 radical (unpaired) electrons. The number of hydrogen-bond acceptors (Lipinski definition) is 1. The van der Waals surface area contributed by atoms with Crippen LogP contribution in [0.25, 0.3) is 0 Å². The summed E-state index contributed by atoms with van der Waals surface area (Å²) < 4.78 is 0. The van der Waals surface area contributed by atoms with Crippen molar-refractivity contribution in [3.8, 4) is 0 Å². The molecule has 15 heavy (non-hydrogen) atoms. The summed E-state index contributed by atoms with van der Waals surface area (Å²) in [7, 11) is 0. The minimum atomic E-state index is -0.0552. The van der Waals surface area contributed by atoms with Gasteiger partial charge in [-0.05, 0) is 23.5 Å². The fourth-order valence-electron chi connectivity index (χ4n) is 1.72. The summed E-state index contributed by atoms with van der Waals surface area (Å²) >= 11 is 0. The average molecular weight is 203 g/mol. The first-order valence-corrected chi connectivity index (χ1v) is 5.34. The highest BCUT2D eigenvalue weighted by molar-refractivity contribution is 5.38. The zero-order chi connectivity index (χ0) is 11.6. The quantitative estimate of drug-likeness (QED) is 0.731. The molecule has 0 heterocycles. The first-order chi connectivity index (χ1) is 6.84. The van der Waals surface area contributed by atoms with E-state index in [1.54, 1.807) is 0 Å². The molecule has 1 rings (SSSR count). The maximum Gasteiger partial charge on any atom is 0.0508 e. The molecule has 82 valence electrons. The summed E-state index contributed by atoms with van der Waals surface area (Å²) in [5.74, 6) is 0. The molecule has 1 atom stereocenters. The third-order valence-corrected chi connectivity index (χ3v) is 2.63. The van der Waals surface area contributed by atoms with Crippen LogP contribution in [0.15, 0.2) is 36.4 Å². The smallest absolute Gasteiger partial charge is 0.0508 e. The molecule has 1 aromatic carbocycles. The largest absolute Gasteiger partial charge is 0.321 e. The SMILES string of the molecule is C=C(C)C(N)c1ccccc1C(C)(C)C. The van der Waals surface area contributed by atoms with E-state index in [1.807, 2.05) is 13.0 Å². The maximum absolute atomic E-state index is 6.14. The van der Waals surface area contributed by atoms with Gasteiger partial charge >= 0.3 is 0 Å². The van der Waals surface area contributed by atoms with Crippen LogP contribution in [0.1, 0.15) is 44.9 Å². The van der Waals surface area contributed by atoms with E-state index in [-0.39, 0.29) is 11.5 Å². The van der Waals surface area contributed by atoms with Crippen molar-refractivity contribution in [3.63, 3.8) is 0 Å². The van der Waals surface area contributed by atoms with Crippen molar-refractivity contribution in [2.45, 2.75) is 39.2 Å².